The molecule has 2 unspecified atom stereocenters. The second-order valence-electron chi connectivity index (χ2n) is 6.45. The molecule has 5 heteroatoms. The normalized spacial score (nSPS) is 28.2. The van der Waals surface area contributed by atoms with E-state index in [4.69, 9.17) is 0 Å². The SMILES string of the molecule is CCN1C(C)CCC(=NC)C1(CCS(C)(=O)=O)c1ccccc1. The first kappa shape index (κ1) is 18.1. The third-order valence-electron chi connectivity index (χ3n) is 5.00. The van der Waals surface area contributed by atoms with Crippen molar-refractivity contribution in [1.29, 1.82) is 0 Å². The minimum absolute atomic E-state index is 0.171. The number of aliphatic imine (C=N–C) groups is 1. The average Bonchev–Trinajstić information content (AvgIpc) is 2.53. The predicted molar refractivity (Wildman–Crippen MR) is 96.9 cm³/mol. The van der Waals surface area contributed by atoms with Crippen LogP contribution in [0.1, 0.15) is 38.7 Å². The number of likely N-dealkylation sites (tertiary alicyclic amines) is 1. The maximum atomic E-state index is 11.9. The van der Waals surface area contributed by atoms with Gasteiger partial charge in [-0.25, -0.2) is 8.42 Å². The van der Waals surface area contributed by atoms with Gasteiger partial charge in [-0.15, -0.1) is 0 Å². The molecule has 4 nitrogen and oxygen atoms in total. The Morgan fingerprint density at radius 1 is 1.30 bits per heavy atom. The van der Waals surface area contributed by atoms with Gasteiger partial charge >= 0.3 is 0 Å². The van der Waals surface area contributed by atoms with Gasteiger partial charge in [0.25, 0.3) is 0 Å². The Morgan fingerprint density at radius 2 is 1.96 bits per heavy atom. The largest absolute Gasteiger partial charge is 0.295 e. The molecule has 0 saturated carbocycles. The lowest BCUT2D eigenvalue weighted by atomic mass is 9.74. The number of hydrogen-bond donors (Lipinski definition) is 0. The predicted octanol–water partition coefficient (Wildman–Crippen LogP) is 2.89. The van der Waals surface area contributed by atoms with Crippen molar-refractivity contribution < 1.29 is 8.42 Å². The zero-order chi connectivity index (χ0) is 17.1. The molecule has 0 spiro atoms. The van der Waals surface area contributed by atoms with Crippen LogP contribution in [0.4, 0.5) is 0 Å². The zero-order valence-electron chi connectivity index (χ0n) is 14.6. The molecule has 1 aromatic rings. The Hall–Kier alpha value is -1.20. The monoisotopic (exact) mass is 336 g/mol. The van der Waals surface area contributed by atoms with Gasteiger partial charge < -0.3 is 0 Å². The minimum atomic E-state index is -3.03. The van der Waals surface area contributed by atoms with Crippen molar-refractivity contribution in [2.75, 3.05) is 25.6 Å². The van der Waals surface area contributed by atoms with Crippen LogP contribution in [0.2, 0.25) is 0 Å². The second kappa shape index (κ2) is 7.14. The highest BCUT2D eigenvalue weighted by atomic mass is 32.2. The quantitative estimate of drug-likeness (QED) is 0.831. The molecule has 1 saturated heterocycles. The summed E-state index contributed by atoms with van der Waals surface area (Å²) >= 11 is 0. The topological polar surface area (TPSA) is 49.7 Å². The molecule has 2 rings (SSSR count). The standard InChI is InChI=1S/C18H28N2O2S/c1-5-20-15(2)11-12-17(19-3)18(20,13-14-23(4,21)22)16-9-7-6-8-10-16/h6-10,15H,5,11-14H2,1-4H3. The van der Waals surface area contributed by atoms with Crippen LogP contribution >= 0.6 is 0 Å². The van der Waals surface area contributed by atoms with E-state index in [9.17, 15) is 8.42 Å². The molecular weight excluding hydrogens is 308 g/mol. The minimum Gasteiger partial charge on any atom is -0.295 e. The van der Waals surface area contributed by atoms with Crippen molar-refractivity contribution in [2.45, 2.75) is 44.7 Å². The maximum absolute atomic E-state index is 11.9. The fourth-order valence-corrected chi connectivity index (χ4v) is 4.61. The molecule has 1 aromatic carbocycles. The summed E-state index contributed by atoms with van der Waals surface area (Å²) in [5.41, 5.74) is 1.84. The van der Waals surface area contributed by atoms with E-state index in [2.05, 4.69) is 35.9 Å². The summed E-state index contributed by atoms with van der Waals surface area (Å²) in [4.78, 5) is 7.02. The molecule has 1 aliphatic heterocycles. The number of rotatable bonds is 5. The zero-order valence-corrected chi connectivity index (χ0v) is 15.4. The smallest absolute Gasteiger partial charge is 0.147 e. The molecule has 0 radical (unpaired) electrons. The number of nitrogens with zero attached hydrogens (tertiary/aromatic N) is 2. The molecule has 1 heterocycles. The van der Waals surface area contributed by atoms with Gasteiger partial charge in [0.2, 0.25) is 0 Å². The van der Waals surface area contributed by atoms with E-state index < -0.39 is 15.4 Å². The van der Waals surface area contributed by atoms with Gasteiger partial charge in [0.05, 0.1) is 11.3 Å². The number of hydrogen-bond acceptors (Lipinski definition) is 4. The Bertz CT molecular complexity index is 655. The molecule has 0 bridgehead atoms. The van der Waals surface area contributed by atoms with Crippen molar-refractivity contribution >= 4 is 15.5 Å². The fourth-order valence-electron chi connectivity index (χ4n) is 3.94. The molecular formula is C18H28N2O2S. The van der Waals surface area contributed by atoms with Crippen molar-refractivity contribution in [1.82, 2.24) is 4.90 Å². The van der Waals surface area contributed by atoms with E-state index in [1.165, 1.54) is 6.26 Å². The Balaban J connectivity index is 2.61. The summed E-state index contributed by atoms with van der Waals surface area (Å²) in [6.07, 6.45) is 3.86. The maximum Gasteiger partial charge on any atom is 0.147 e. The van der Waals surface area contributed by atoms with E-state index in [0.29, 0.717) is 12.5 Å². The number of piperidine rings is 1. The van der Waals surface area contributed by atoms with E-state index in [0.717, 1.165) is 30.7 Å². The molecule has 23 heavy (non-hydrogen) atoms. The van der Waals surface area contributed by atoms with Crippen molar-refractivity contribution in [2.24, 2.45) is 4.99 Å². The van der Waals surface area contributed by atoms with Gasteiger partial charge in [-0.2, -0.15) is 0 Å². The summed E-state index contributed by atoms with van der Waals surface area (Å²) in [5, 5.41) is 0. The summed E-state index contributed by atoms with van der Waals surface area (Å²) in [6, 6.07) is 10.7. The first-order valence-corrected chi connectivity index (χ1v) is 10.4. The van der Waals surface area contributed by atoms with Crippen LogP contribution in [0.3, 0.4) is 0 Å². The van der Waals surface area contributed by atoms with Crippen molar-refractivity contribution in [3.8, 4) is 0 Å². The number of sulfone groups is 1. The van der Waals surface area contributed by atoms with E-state index in [-0.39, 0.29) is 5.75 Å². The van der Waals surface area contributed by atoms with Crippen molar-refractivity contribution in [3.63, 3.8) is 0 Å². The lowest BCUT2D eigenvalue weighted by molar-refractivity contribution is 0.0802. The van der Waals surface area contributed by atoms with Gasteiger partial charge in [0.1, 0.15) is 9.84 Å². The second-order valence-corrected chi connectivity index (χ2v) is 8.71. The lowest BCUT2D eigenvalue weighted by Crippen LogP contribution is -2.59. The molecule has 1 fully saturated rings. The molecule has 0 N–H and O–H groups in total. The molecule has 0 aliphatic carbocycles. The Morgan fingerprint density at radius 3 is 2.48 bits per heavy atom. The van der Waals surface area contributed by atoms with E-state index in [1.54, 1.807) is 0 Å². The summed E-state index contributed by atoms with van der Waals surface area (Å²) < 4.78 is 23.7. The van der Waals surface area contributed by atoms with Crippen LogP contribution < -0.4 is 0 Å². The Kier molecular flexibility index (Phi) is 5.63. The molecule has 2 atom stereocenters. The molecule has 128 valence electrons. The Labute approximate surface area is 140 Å². The molecule has 1 aliphatic rings. The van der Waals surface area contributed by atoms with Crippen LogP contribution in [0.15, 0.2) is 35.3 Å². The van der Waals surface area contributed by atoms with E-state index in [1.807, 2.05) is 25.2 Å². The highest BCUT2D eigenvalue weighted by molar-refractivity contribution is 7.90. The summed E-state index contributed by atoms with van der Waals surface area (Å²) in [6.45, 7) is 5.25. The first-order valence-electron chi connectivity index (χ1n) is 8.31. The van der Waals surface area contributed by atoms with Crippen LogP contribution in [0.5, 0.6) is 0 Å². The lowest BCUT2D eigenvalue weighted by Gasteiger charge is -2.51. The van der Waals surface area contributed by atoms with Crippen LogP contribution in [-0.2, 0) is 15.4 Å². The van der Waals surface area contributed by atoms with Crippen LogP contribution in [-0.4, -0.2) is 50.7 Å². The van der Waals surface area contributed by atoms with Gasteiger partial charge in [-0.3, -0.25) is 9.89 Å². The summed E-state index contributed by atoms with van der Waals surface area (Å²) in [5.74, 6) is 0.171. The number of benzene rings is 1. The molecule has 0 aromatic heterocycles. The highest BCUT2D eigenvalue weighted by Gasteiger charge is 2.47. The van der Waals surface area contributed by atoms with Crippen molar-refractivity contribution in [3.05, 3.63) is 35.9 Å². The first-order chi connectivity index (χ1) is 10.8. The highest BCUT2D eigenvalue weighted by Crippen LogP contribution is 2.41. The van der Waals surface area contributed by atoms with Gasteiger partial charge in [0.15, 0.2) is 0 Å². The van der Waals surface area contributed by atoms with Gasteiger partial charge in [-0.05, 0) is 38.3 Å². The summed E-state index contributed by atoms with van der Waals surface area (Å²) in [7, 11) is -1.20. The third-order valence-corrected chi connectivity index (χ3v) is 5.94. The van der Waals surface area contributed by atoms with Crippen LogP contribution in [0, 0.1) is 0 Å². The average molecular weight is 337 g/mol. The van der Waals surface area contributed by atoms with Gasteiger partial charge in [0, 0.05) is 25.1 Å². The van der Waals surface area contributed by atoms with Gasteiger partial charge in [-0.1, -0.05) is 37.3 Å². The fraction of sp³-hybridized carbons (Fsp3) is 0.611. The van der Waals surface area contributed by atoms with Crippen LogP contribution in [0.25, 0.3) is 0 Å². The molecule has 0 amide bonds. The van der Waals surface area contributed by atoms with E-state index >= 15 is 0 Å². The third kappa shape index (κ3) is 3.66.